The highest BCUT2D eigenvalue weighted by Gasteiger charge is 2.21. The monoisotopic (exact) mass is 359 g/mol. The van der Waals surface area contributed by atoms with Gasteiger partial charge in [-0.3, -0.25) is 15.1 Å². The number of hydrogen-bond donors (Lipinski definition) is 2. The van der Waals surface area contributed by atoms with Crippen molar-refractivity contribution >= 4 is 33.3 Å². The molecule has 0 bridgehead atoms. The summed E-state index contributed by atoms with van der Waals surface area (Å²) in [5.74, 6) is -0.676. The zero-order chi connectivity index (χ0) is 17.8. The van der Waals surface area contributed by atoms with Crippen molar-refractivity contribution in [3.8, 4) is 11.5 Å². The number of thiophene rings is 1. The van der Waals surface area contributed by atoms with Crippen LogP contribution in [-0.2, 0) is 6.54 Å². The number of aromatic nitrogens is 2. The van der Waals surface area contributed by atoms with E-state index in [9.17, 15) is 14.7 Å². The van der Waals surface area contributed by atoms with Gasteiger partial charge < -0.3 is 14.4 Å². The molecule has 0 saturated carbocycles. The Hall–Kier alpha value is -2.87. The molecule has 2 N–H and O–H groups in total. The van der Waals surface area contributed by atoms with Crippen molar-refractivity contribution in [2.75, 3.05) is 5.32 Å². The number of nitrogens with zero attached hydrogens (tertiary/aromatic N) is 2. The lowest BCUT2D eigenvalue weighted by Crippen LogP contribution is -2.26. The number of fused-ring (bicyclic) bond motifs is 1. The van der Waals surface area contributed by atoms with Crippen molar-refractivity contribution in [2.45, 2.75) is 26.3 Å². The lowest BCUT2D eigenvalue weighted by molar-refractivity contribution is 0.212. The number of ether oxygens (including phenoxy) is 1. The number of amides is 1. The summed E-state index contributed by atoms with van der Waals surface area (Å²) in [6.45, 7) is 2.51. The second-order valence-corrected chi connectivity index (χ2v) is 6.29. The SMILES string of the molecule is CCCCn1c(=O)c(OC(=O)Nc2ccncc2)c(O)c2sccc21. The molecule has 3 aromatic heterocycles. The molecule has 3 heterocycles. The number of aromatic hydroxyl groups is 1. The Morgan fingerprint density at radius 3 is 2.84 bits per heavy atom. The predicted molar refractivity (Wildman–Crippen MR) is 96.5 cm³/mol. The number of anilines is 1. The highest BCUT2D eigenvalue weighted by molar-refractivity contribution is 7.17. The minimum atomic E-state index is -0.850. The lowest BCUT2D eigenvalue weighted by Gasteiger charge is -2.12. The summed E-state index contributed by atoms with van der Waals surface area (Å²) < 4.78 is 7.18. The van der Waals surface area contributed by atoms with E-state index in [0.29, 0.717) is 22.4 Å². The molecule has 3 rings (SSSR count). The minimum Gasteiger partial charge on any atom is -0.503 e. The van der Waals surface area contributed by atoms with Gasteiger partial charge in [0.2, 0.25) is 5.75 Å². The summed E-state index contributed by atoms with van der Waals surface area (Å²) in [6, 6.07) is 4.95. The Labute approximate surface area is 147 Å². The zero-order valence-corrected chi connectivity index (χ0v) is 14.4. The van der Waals surface area contributed by atoms with Gasteiger partial charge in [-0.2, -0.15) is 0 Å². The average molecular weight is 359 g/mol. The average Bonchev–Trinajstić information content (AvgIpc) is 3.09. The third-order valence-corrected chi connectivity index (χ3v) is 4.57. The Bertz CT molecular complexity index is 950. The molecule has 8 heteroatoms. The molecule has 0 spiro atoms. The number of rotatable bonds is 5. The van der Waals surface area contributed by atoms with Gasteiger partial charge >= 0.3 is 6.09 Å². The first-order valence-corrected chi connectivity index (χ1v) is 8.71. The number of nitrogens with one attached hydrogen (secondary N) is 1. The smallest absolute Gasteiger partial charge is 0.417 e. The molecule has 3 aromatic rings. The maximum atomic E-state index is 12.7. The molecule has 0 aliphatic carbocycles. The maximum Gasteiger partial charge on any atom is 0.417 e. The van der Waals surface area contributed by atoms with Crippen molar-refractivity contribution in [2.24, 2.45) is 0 Å². The van der Waals surface area contributed by atoms with E-state index >= 15 is 0 Å². The Balaban J connectivity index is 1.95. The highest BCUT2D eigenvalue weighted by Crippen LogP contribution is 2.35. The van der Waals surface area contributed by atoms with Crippen LogP contribution in [0.25, 0.3) is 10.2 Å². The van der Waals surface area contributed by atoms with Crippen LogP contribution in [-0.4, -0.2) is 20.8 Å². The molecule has 0 aliphatic heterocycles. The molecule has 25 heavy (non-hydrogen) atoms. The molecule has 0 aliphatic rings. The Kier molecular flexibility index (Phi) is 4.99. The molecular formula is C17H17N3O4S. The van der Waals surface area contributed by atoms with E-state index in [1.54, 1.807) is 23.6 Å². The zero-order valence-electron chi connectivity index (χ0n) is 13.6. The molecule has 7 nitrogen and oxygen atoms in total. The van der Waals surface area contributed by atoms with E-state index in [2.05, 4.69) is 10.3 Å². The van der Waals surface area contributed by atoms with E-state index in [4.69, 9.17) is 4.74 Å². The normalized spacial score (nSPS) is 10.8. The first kappa shape index (κ1) is 17.0. The molecule has 0 saturated heterocycles. The predicted octanol–water partition coefficient (Wildman–Crippen LogP) is 3.57. The van der Waals surface area contributed by atoms with Crippen LogP contribution in [0.3, 0.4) is 0 Å². The topological polar surface area (TPSA) is 93.5 Å². The van der Waals surface area contributed by atoms with Crippen LogP contribution in [0.15, 0.2) is 40.8 Å². The van der Waals surface area contributed by atoms with Crippen LogP contribution >= 0.6 is 11.3 Å². The summed E-state index contributed by atoms with van der Waals surface area (Å²) in [7, 11) is 0. The van der Waals surface area contributed by atoms with E-state index < -0.39 is 11.7 Å². The first-order valence-electron chi connectivity index (χ1n) is 7.83. The van der Waals surface area contributed by atoms with Gasteiger partial charge in [-0.1, -0.05) is 13.3 Å². The number of carbonyl (C=O) groups is 1. The number of unbranched alkanes of at least 4 members (excludes halogenated alkanes) is 1. The van der Waals surface area contributed by atoms with Crippen molar-refractivity contribution in [1.82, 2.24) is 9.55 Å². The summed E-state index contributed by atoms with van der Waals surface area (Å²) in [6.07, 6.45) is 3.90. The van der Waals surface area contributed by atoms with Gasteiger partial charge in [0.1, 0.15) is 0 Å². The third kappa shape index (κ3) is 3.48. The van der Waals surface area contributed by atoms with Crippen LogP contribution in [0.5, 0.6) is 11.5 Å². The number of hydrogen-bond acceptors (Lipinski definition) is 6. The van der Waals surface area contributed by atoms with Crippen molar-refractivity contribution in [3.05, 3.63) is 46.3 Å². The Morgan fingerprint density at radius 2 is 2.12 bits per heavy atom. The van der Waals surface area contributed by atoms with Gasteiger partial charge in [-0.15, -0.1) is 11.3 Å². The minimum absolute atomic E-state index is 0.312. The van der Waals surface area contributed by atoms with Crippen LogP contribution in [0, 0.1) is 0 Å². The summed E-state index contributed by atoms with van der Waals surface area (Å²) in [4.78, 5) is 28.6. The van der Waals surface area contributed by atoms with Gasteiger partial charge in [0.05, 0.1) is 10.2 Å². The van der Waals surface area contributed by atoms with Crippen molar-refractivity contribution < 1.29 is 14.6 Å². The van der Waals surface area contributed by atoms with Gasteiger partial charge in [0.15, 0.2) is 5.75 Å². The van der Waals surface area contributed by atoms with Crippen molar-refractivity contribution in [1.29, 1.82) is 0 Å². The van der Waals surface area contributed by atoms with Crippen LogP contribution in [0.2, 0.25) is 0 Å². The fraction of sp³-hybridized carbons (Fsp3) is 0.235. The van der Waals surface area contributed by atoms with E-state index in [1.807, 2.05) is 6.92 Å². The second kappa shape index (κ2) is 7.35. The first-order chi connectivity index (χ1) is 12.1. The van der Waals surface area contributed by atoms with Crippen molar-refractivity contribution in [3.63, 3.8) is 0 Å². The van der Waals surface area contributed by atoms with Gasteiger partial charge in [-0.25, -0.2) is 4.79 Å². The molecule has 0 fully saturated rings. The Morgan fingerprint density at radius 1 is 1.36 bits per heavy atom. The van der Waals surface area contributed by atoms with Crippen LogP contribution in [0.1, 0.15) is 19.8 Å². The molecule has 0 radical (unpaired) electrons. The van der Waals surface area contributed by atoms with Crippen LogP contribution in [0.4, 0.5) is 10.5 Å². The summed E-state index contributed by atoms with van der Waals surface area (Å²) in [5, 5.41) is 14.6. The largest absolute Gasteiger partial charge is 0.503 e. The highest BCUT2D eigenvalue weighted by atomic mass is 32.1. The molecule has 0 aromatic carbocycles. The third-order valence-electron chi connectivity index (χ3n) is 3.66. The van der Waals surface area contributed by atoms with Gasteiger partial charge in [0, 0.05) is 24.6 Å². The van der Waals surface area contributed by atoms with E-state index in [-0.39, 0.29) is 11.5 Å². The summed E-state index contributed by atoms with van der Waals surface area (Å²) >= 11 is 1.29. The van der Waals surface area contributed by atoms with Gasteiger partial charge in [-0.05, 0) is 30.0 Å². The number of aryl methyl sites for hydroxylation is 1. The second-order valence-electron chi connectivity index (χ2n) is 5.37. The number of carbonyl (C=O) groups excluding carboxylic acids is 1. The van der Waals surface area contributed by atoms with E-state index in [0.717, 1.165) is 12.8 Å². The maximum absolute atomic E-state index is 12.7. The number of pyridine rings is 2. The fourth-order valence-corrected chi connectivity index (χ4v) is 3.27. The molecular weight excluding hydrogens is 342 g/mol. The quantitative estimate of drug-likeness (QED) is 0.726. The van der Waals surface area contributed by atoms with E-state index in [1.165, 1.54) is 28.3 Å². The molecule has 130 valence electrons. The lowest BCUT2D eigenvalue weighted by atomic mass is 10.3. The fourth-order valence-electron chi connectivity index (χ4n) is 2.43. The van der Waals surface area contributed by atoms with Gasteiger partial charge in [0.25, 0.3) is 5.56 Å². The molecule has 0 atom stereocenters. The van der Waals surface area contributed by atoms with Crippen LogP contribution < -0.4 is 15.6 Å². The molecule has 0 unspecified atom stereocenters. The summed E-state index contributed by atoms with van der Waals surface area (Å²) in [5.41, 5.74) is 0.590. The standard InChI is InChI=1S/C17H17N3O4S/c1-2-3-9-20-12-6-10-25-15(12)13(21)14(16(20)22)24-17(23)19-11-4-7-18-8-5-11/h4-8,10,21H,2-3,9H2,1H3,(H,18,19,23). The molecule has 1 amide bonds.